The SMILES string of the molecule is COc1cc(-c2ccoc2CCC(C)O)ccc1O. The molecule has 1 unspecified atom stereocenters. The first-order chi connectivity index (χ1) is 9.11. The molecule has 1 aromatic carbocycles. The molecule has 2 rings (SSSR count). The molecule has 1 aromatic heterocycles. The molecule has 0 aliphatic heterocycles. The summed E-state index contributed by atoms with van der Waals surface area (Å²) in [6, 6.07) is 7.06. The number of furan rings is 1. The predicted molar refractivity (Wildman–Crippen MR) is 72.4 cm³/mol. The first-order valence-electron chi connectivity index (χ1n) is 6.23. The summed E-state index contributed by atoms with van der Waals surface area (Å²) in [5, 5.41) is 18.9. The molecule has 0 bridgehead atoms. The highest BCUT2D eigenvalue weighted by molar-refractivity contribution is 5.68. The number of aromatic hydroxyl groups is 1. The molecule has 1 heterocycles. The van der Waals surface area contributed by atoms with Crippen molar-refractivity contribution in [2.24, 2.45) is 0 Å². The first kappa shape index (κ1) is 13.5. The molecule has 102 valence electrons. The van der Waals surface area contributed by atoms with Crippen molar-refractivity contribution < 1.29 is 19.4 Å². The molecule has 0 saturated heterocycles. The van der Waals surface area contributed by atoms with Gasteiger partial charge in [0, 0.05) is 12.0 Å². The molecular formula is C15H18O4. The topological polar surface area (TPSA) is 62.8 Å². The second-order valence-electron chi connectivity index (χ2n) is 4.53. The van der Waals surface area contributed by atoms with Crippen molar-refractivity contribution in [2.45, 2.75) is 25.9 Å². The maximum Gasteiger partial charge on any atom is 0.161 e. The number of rotatable bonds is 5. The van der Waals surface area contributed by atoms with E-state index < -0.39 is 0 Å². The van der Waals surface area contributed by atoms with Crippen molar-refractivity contribution in [3.8, 4) is 22.6 Å². The quantitative estimate of drug-likeness (QED) is 0.869. The van der Waals surface area contributed by atoms with Crippen molar-refractivity contribution >= 4 is 0 Å². The van der Waals surface area contributed by atoms with E-state index in [0.29, 0.717) is 18.6 Å². The van der Waals surface area contributed by atoms with Gasteiger partial charge in [-0.1, -0.05) is 6.07 Å². The Hall–Kier alpha value is -1.94. The standard InChI is InChI=1S/C15H18O4/c1-10(16)3-6-14-12(7-8-19-14)11-4-5-13(17)15(9-11)18-2/h4-5,7-10,16-17H,3,6H2,1-2H3. The van der Waals surface area contributed by atoms with E-state index in [0.717, 1.165) is 16.9 Å². The fraction of sp³-hybridized carbons (Fsp3) is 0.333. The molecule has 1 atom stereocenters. The Balaban J connectivity index is 2.29. The van der Waals surface area contributed by atoms with Gasteiger partial charge in [-0.15, -0.1) is 0 Å². The van der Waals surface area contributed by atoms with E-state index in [-0.39, 0.29) is 11.9 Å². The van der Waals surface area contributed by atoms with Crippen LogP contribution in [0.5, 0.6) is 11.5 Å². The van der Waals surface area contributed by atoms with Gasteiger partial charge in [-0.05, 0) is 37.1 Å². The Morgan fingerprint density at radius 3 is 2.79 bits per heavy atom. The number of aryl methyl sites for hydroxylation is 1. The summed E-state index contributed by atoms with van der Waals surface area (Å²) in [7, 11) is 1.52. The summed E-state index contributed by atoms with van der Waals surface area (Å²) in [5.41, 5.74) is 1.88. The van der Waals surface area contributed by atoms with E-state index in [1.165, 1.54) is 7.11 Å². The molecule has 0 radical (unpaired) electrons. The number of phenolic OH excluding ortho intramolecular Hbond substituents is 1. The van der Waals surface area contributed by atoms with Gasteiger partial charge in [0.1, 0.15) is 5.76 Å². The van der Waals surface area contributed by atoms with Gasteiger partial charge < -0.3 is 19.4 Å². The van der Waals surface area contributed by atoms with Crippen LogP contribution in [0.1, 0.15) is 19.1 Å². The third-order valence-corrected chi connectivity index (χ3v) is 3.03. The van der Waals surface area contributed by atoms with Gasteiger partial charge >= 0.3 is 0 Å². The van der Waals surface area contributed by atoms with Crippen molar-refractivity contribution in [2.75, 3.05) is 7.11 Å². The molecule has 0 aliphatic carbocycles. The second kappa shape index (κ2) is 5.80. The number of aliphatic hydroxyl groups excluding tert-OH is 1. The summed E-state index contributed by atoms with van der Waals surface area (Å²) in [6.45, 7) is 1.76. The fourth-order valence-electron chi connectivity index (χ4n) is 1.98. The molecule has 4 heteroatoms. The van der Waals surface area contributed by atoms with Crippen LogP contribution in [0.15, 0.2) is 34.9 Å². The van der Waals surface area contributed by atoms with Gasteiger partial charge in [-0.25, -0.2) is 0 Å². The summed E-state index contributed by atoms with van der Waals surface area (Å²) < 4.78 is 10.6. The lowest BCUT2D eigenvalue weighted by atomic mass is 10.0. The van der Waals surface area contributed by atoms with E-state index >= 15 is 0 Å². The highest BCUT2D eigenvalue weighted by Crippen LogP contribution is 2.33. The summed E-state index contributed by atoms with van der Waals surface area (Å²) in [5.74, 6) is 1.37. The van der Waals surface area contributed by atoms with Crippen LogP contribution in [0.2, 0.25) is 0 Å². The molecule has 2 N–H and O–H groups in total. The Kier molecular flexibility index (Phi) is 4.12. The lowest BCUT2D eigenvalue weighted by Gasteiger charge is -2.08. The lowest BCUT2D eigenvalue weighted by Crippen LogP contribution is -2.01. The van der Waals surface area contributed by atoms with Crippen LogP contribution in [0.3, 0.4) is 0 Å². The maximum atomic E-state index is 9.60. The van der Waals surface area contributed by atoms with E-state index in [4.69, 9.17) is 9.15 Å². The predicted octanol–water partition coefficient (Wildman–Crippen LogP) is 2.97. The lowest BCUT2D eigenvalue weighted by molar-refractivity contribution is 0.182. The van der Waals surface area contributed by atoms with Crippen LogP contribution in [0, 0.1) is 0 Å². The number of aliphatic hydroxyl groups is 1. The van der Waals surface area contributed by atoms with E-state index in [1.54, 1.807) is 25.3 Å². The molecule has 4 nitrogen and oxygen atoms in total. The molecule has 2 aromatic rings. The van der Waals surface area contributed by atoms with Crippen molar-refractivity contribution in [3.63, 3.8) is 0 Å². The normalized spacial score (nSPS) is 12.4. The van der Waals surface area contributed by atoms with E-state index in [2.05, 4.69) is 0 Å². The Labute approximate surface area is 112 Å². The van der Waals surface area contributed by atoms with Crippen LogP contribution in [0.4, 0.5) is 0 Å². The number of benzene rings is 1. The minimum absolute atomic E-state index is 0.111. The molecule has 0 spiro atoms. The summed E-state index contributed by atoms with van der Waals surface area (Å²) >= 11 is 0. The molecule has 19 heavy (non-hydrogen) atoms. The van der Waals surface area contributed by atoms with Crippen LogP contribution in [-0.2, 0) is 6.42 Å². The first-order valence-corrected chi connectivity index (χ1v) is 6.23. The van der Waals surface area contributed by atoms with Crippen LogP contribution >= 0.6 is 0 Å². The van der Waals surface area contributed by atoms with Crippen molar-refractivity contribution in [1.29, 1.82) is 0 Å². The molecular weight excluding hydrogens is 244 g/mol. The molecule has 0 fully saturated rings. The molecule has 0 saturated carbocycles. The largest absolute Gasteiger partial charge is 0.504 e. The van der Waals surface area contributed by atoms with Gasteiger partial charge in [-0.3, -0.25) is 0 Å². The molecule has 0 aliphatic rings. The zero-order valence-corrected chi connectivity index (χ0v) is 11.1. The molecule has 0 amide bonds. The Morgan fingerprint density at radius 1 is 1.32 bits per heavy atom. The number of methoxy groups -OCH3 is 1. The monoisotopic (exact) mass is 262 g/mol. The number of phenols is 1. The fourth-order valence-corrected chi connectivity index (χ4v) is 1.98. The van der Waals surface area contributed by atoms with Gasteiger partial charge in [0.15, 0.2) is 11.5 Å². The number of hydrogen-bond donors (Lipinski definition) is 2. The summed E-state index contributed by atoms with van der Waals surface area (Å²) in [4.78, 5) is 0. The third kappa shape index (κ3) is 3.09. The van der Waals surface area contributed by atoms with Gasteiger partial charge in [0.2, 0.25) is 0 Å². The average Bonchev–Trinajstić information content (AvgIpc) is 2.85. The number of hydrogen-bond acceptors (Lipinski definition) is 4. The Morgan fingerprint density at radius 2 is 2.11 bits per heavy atom. The minimum atomic E-state index is -0.354. The van der Waals surface area contributed by atoms with Gasteiger partial charge in [0.05, 0.1) is 19.5 Å². The minimum Gasteiger partial charge on any atom is -0.504 e. The van der Waals surface area contributed by atoms with Crippen LogP contribution in [-0.4, -0.2) is 23.4 Å². The van der Waals surface area contributed by atoms with Gasteiger partial charge in [0.25, 0.3) is 0 Å². The zero-order valence-electron chi connectivity index (χ0n) is 11.1. The average molecular weight is 262 g/mol. The van der Waals surface area contributed by atoms with E-state index in [9.17, 15) is 10.2 Å². The van der Waals surface area contributed by atoms with Crippen molar-refractivity contribution in [1.82, 2.24) is 0 Å². The smallest absolute Gasteiger partial charge is 0.161 e. The third-order valence-electron chi connectivity index (χ3n) is 3.03. The van der Waals surface area contributed by atoms with Crippen molar-refractivity contribution in [3.05, 3.63) is 36.3 Å². The van der Waals surface area contributed by atoms with Crippen LogP contribution in [0.25, 0.3) is 11.1 Å². The zero-order chi connectivity index (χ0) is 13.8. The maximum absolute atomic E-state index is 9.60. The highest BCUT2D eigenvalue weighted by Gasteiger charge is 2.12. The van der Waals surface area contributed by atoms with Gasteiger partial charge in [-0.2, -0.15) is 0 Å². The highest BCUT2D eigenvalue weighted by atomic mass is 16.5. The summed E-state index contributed by atoms with van der Waals surface area (Å²) in [6.07, 6.45) is 2.60. The van der Waals surface area contributed by atoms with E-state index in [1.807, 2.05) is 12.1 Å². The van der Waals surface area contributed by atoms with Crippen LogP contribution < -0.4 is 4.74 Å². The number of ether oxygens (including phenoxy) is 1. The second-order valence-corrected chi connectivity index (χ2v) is 4.53. The Bertz CT molecular complexity index is 543.